The molecule has 2 heterocycles. The first-order valence-corrected chi connectivity index (χ1v) is 8.67. The maximum atomic E-state index is 10.7. The molecule has 0 spiro atoms. The molecule has 0 amide bonds. The van der Waals surface area contributed by atoms with E-state index in [4.69, 9.17) is 37.6 Å². The normalized spacial score (nSPS) is 12.3. The molecule has 0 radical (unpaired) electrons. The summed E-state index contributed by atoms with van der Waals surface area (Å²) in [5, 5.41) is 14.2. The van der Waals surface area contributed by atoms with Gasteiger partial charge in [-0.05, 0) is 12.5 Å². The molecule has 3 aromatic rings. The fourth-order valence-corrected chi connectivity index (χ4v) is 2.75. The second-order valence-electron chi connectivity index (χ2n) is 5.58. The van der Waals surface area contributed by atoms with Crippen molar-refractivity contribution in [3.63, 3.8) is 0 Å². The Morgan fingerprint density at radius 1 is 1.31 bits per heavy atom. The molecule has 0 aliphatic heterocycles. The van der Waals surface area contributed by atoms with E-state index >= 15 is 0 Å². The molecular weight excluding hydrogens is 381 g/mol. The minimum absolute atomic E-state index is 0.0384. The number of carboxylic acid groups (broad SMARTS) is 1. The number of ether oxygens (including phenoxy) is 1. The number of fused-ring (bicyclic) bond motifs is 1. The van der Waals surface area contributed by atoms with Gasteiger partial charge >= 0.3 is 5.97 Å². The largest absolute Gasteiger partial charge is 0.481 e. The third-order valence-electron chi connectivity index (χ3n) is 3.74. The number of carbonyl (C=O) groups is 1. The molecule has 0 fully saturated rings. The molecule has 0 bridgehead atoms. The number of aryl methyl sites for hydroxylation is 1. The molecule has 9 heteroatoms. The highest BCUT2D eigenvalue weighted by Crippen LogP contribution is 2.35. The van der Waals surface area contributed by atoms with Crippen LogP contribution in [0.5, 0.6) is 5.75 Å². The molecule has 0 saturated heterocycles. The Kier molecular flexibility index (Phi) is 5.58. The number of hydrogen-bond donors (Lipinski definition) is 1. The highest BCUT2D eigenvalue weighted by molar-refractivity contribution is 6.32. The number of hydrogen-bond acceptors (Lipinski definition) is 6. The summed E-state index contributed by atoms with van der Waals surface area (Å²) in [6.07, 6.45) is 3.45. The lowest BCUT2D eigenvalue weighted by Gasteiger charge is -2.17. The van der Waals surface area contributed by atoms with E-state index in [-0.39, 0.29) is 12.8 Å². The Labute approximate surface area is 158 Å². The van der Waals surface area contributed by atoms with E-state index < -0.39 is 12.1 Å². The van der Waals surface area contributed by atoms with Crippen molar-refractivity contribution in [2.45, 2.75) is 32.3 Å². The Morgan fingerprint density at radius 3 is 2.69 bits per heavy atom. The number of aliphatic carboxylic acids is 1. The summed E-state index contributed by atoms with van der Waals surface area (Å²) in [6.45, 7) is 1.94. The van der Waals surface area contributed by atoms with E-state index in [1.807, 2.05) is 6.92 Å². The molecule has 0 aliphatic rings. The fraction of sp³-hybridized carbons (Fsp3) is 0.294. The predicted octanol–water partition coefficient (Wildman–Crippen LogP) is 4.47. The van der Waals surface area contributed by atoms with E-state index in [1.165, 1.54) is 12.4 Å². The Hall–Kier alpha value is -2.38. The predicted molar refractivity (Wildman–Crippen MR) is 95.7 cm³/mol. The second-order valence-corrected chi connectivity index (χ2v) is 6.42. The topological polar surface area (TPSA) is 98.3 Å². The van der Waals surface area contributed by atoms with E-state index in [0.29, 0.717) is 44.7 Å². The average Bonchev–Trinajstić information content (AvgIpc) is 3.00. The second kappa shape index (κ2) is 7.88. The lowest BCUT2D eigenvalue weighted by molar-refractivity contribution is -0.136. The summed E-state index contributed by atoms with van der Waals surface area (Å²) < 4.78 is 11.2. The van der Waals surface area contributed by atoms with E-state index in [9.17, 15) is 4.79 Å². The zero-order valence-electron chi connectivity index (χ0n) is 13.8. The van der Waals surface area contributed by atoms with Crippen LogP contribution in [0.1, 0.15) is 37.4 Å². The molecule has 7 nitrogen and oxygen atoms in total. The molecule has 2 aromatic heterocycles. The van der Waals surface area contributed by atoms with Gasteiger partial charge in [0.25, 0.3) is 0 Å². The number of halogens is 2. The van der Waals surface area contributed by atoms with Crippen molar-refractivity contribution in [1.82, 2.24) is 15.1 Å². The van der Waals surface area contributed by atoms with Crippen LogP contribution < -0.4 is 4.74 Å². The van der Waals surface area contributed by atoms with Crippen LogP contribution in [-0.4, -0.2) is 26.2 Å². The maximum absolute atomic E-state index is 10.7. The number of nitrogens with zero attached hydrogens (tertiary/aromatic N) is 3. The van der Waals surface area contributed by atoms with Crippen LogP contribution in [0, 0.1) is 0 Å². The summed E-state index contributed by atoms with van der Waals surface area (Å²) >= 11 is 12.2. The first-order valence-electron chi connectivity index (χ1n) is 7.91. The van der Waals surface area contributed by atoms with Gasteiger partial charge in [-0.3, -0.25) is 4.79 Å². The molecule has 136 valence electrons. The lowest BCUT2D eigenvalue weighted by atomic mass is 10.1. The van der Waals surface area contributed by atoms with Crippen LogP contribution in [-0.2, 0) is 11.2 Å². The Bertz CT molecular complexity index is 928. The van der Waals surface area contributed by atoms with E-state index in [2.05, 4.69) is 15.1 Å². The lowest BCUT2D eigenvalue weighted by Crippen LogP contribution is -2.10. The van der Waals surface area contributed by atoms with Gasteiger partial charge in [0.2, 0.25) is 0 Å². The van der Waals surface area contributed by atoms with Crippen LogP contribution in [0.15, 0.2) is 29.0 Å². The molecule has 26 heavy (non-hydrogen) atoms. The highest BCUT2D eigenvalue weighted by atomic mass is 35.5. The molecular formula is C17H15Cl2N3O4. The summed E-state index contributed by atoms with van der Waals surface area (Å²) in [6, 6.07) is 3.29. The van der Waals surface area contributed by atoms with Crippen molar-refractivity contribution in [3.8, 4) is 5.75 Å². The van der Waals surface area contributed by atoms with Crippen molar-refractivity contribution in [2.24, 2.45) is 0 Å². The molecule has 3 rings (SSSR count). The van der Waals surface area contributed by atoms with Crippen molar-refractivity contribution >= 4 is 40.1 Å². The van der Waals surface area contributed by atoms with E-state index in [0.717, 1.165) is 0 Å². The summed E-state index contributed by atoms with van der Waals surface area (Å²) in [5.74, 6) is -0.000709. The first kappa shape index (κ1) is 18.4. The van der Waals surface area contributed by atoms with Crippen LogP contribution >= 0.6 is 23.2 Å². The summed E-state index contributed by atoms with van der Waals surface area (Å²) in [4.78, 5) is 19.1. The third-order valence-corrected chi connectivity index (χ3v) is 4.23. The van der Waals surface area contributed by atoms with Gasteiger partial charge in [-0.1, -0.05) is 35.3 Å². The van der Waals surface area contributed by atoms with Crippen molar-refractivity contribution < 1.29 is 19.2 Å². The van der Waals surface area contributed by atoms with Gasteiger partial charge in [-0.15, -0.1) is 0 Å². The highest BCUT2D eigenvalue weighted by Gasteiger charge is 2.19. The van der Waals surface area contributed by atoms with Crippen molar-refractivity contribution in [1.29, 1.82) is 0 Å². The molecule has 0 unspecified atom stereocenters. The Balaban J connectivity index is 1.86. The SMILES string of the molecule is CC[C@H](Oc1cc2onc(CCC(=O)O)c2cc1Cl)c1ncc(Cl)cn1. The van der Waals surface area contributed by atoms with Gasteiger partial charge in [0.15, 0.2) is 17.5 Å². The van der Waals surface area contributed by atoms with Gasteiger partial charge in [-0.25, -0.2) is 9.97 Å². The molecule has 1 N–H and O–H groups in total. The monoisotopic (exact) mass is 395 g/mol. The molecule has 0 saturated carbocycles. The summed E-state index contributed by atoms with van der Waals surface area (Å²) in [5.41, 5.74) is 1.01. The van der Waals surface area contributed by atoms with Gasteiger partial charge < -0.3 is 14.4 Å². The quantitative estimate of drug-likeness (QED) is 0.629. The third kappa shape index (κ3) is 4.05. The minimum atomic E-state index is -0.902. The standard InChI is InChI=1S/C17H15Cl2N3O4/c1-2-13(17-20-7-9(18)8-21-17)25-15-6-14-10(5-11(15)19)12(22-26-14)3-4-16(23)24/h5-8,13H,2-4H2,1H3,(H,23,24)/t13-/m0/s1. The molecule has 0 aliphatic carbocycles. The smallest absolute Gasteiger partial charge is 0.303 e. The summed E-state index contributed by atoms with van der Waals surface area (Å²) in [7, 11) is 0. The van der Waals surface area contributed by atoms with Gasteiger partial charge in [0, 0.05) is 30.3 Å². The van der Waals surface area contributed by atoms with Gasteiger partial charge in [0.05, 0.1) is 22.2 Å². The van der Waals surface area contributed by atoms with E-state index in [1.54, 1.807) is 12.1 Å². The zero-order chi connectivity index (χ0) is 18.7. The number of carboxylic acids is 1. The number of aromatic nitrogens is 3. The van der Waals surface area contributed by atoms with Crippen molar-refractivity contribution in [2.75, 3.05) is 0 Å². The van der Waals surface area contributed by atoms with Crippen LogP contribution in [0.2, 0.25) is 10.0 Å². The fourth-order valence-electron chi connectivity index (χ4n) is 2.45. The minimum Gasteiger partial charge on any atom is -0.481 e. The van der Waals surface area contributed by atoms with Crippen molar-refractivity contribution in [3.05, 3.63) is 46.1 Å². The molecule has 1 atom stereocenters. The maximum Gasteiger partial charge on any atom is 0.303 e. The number of benzene rings is 1. The zero-order valence-corrected chi connectivity index (χ0v) is 15.3. The first-order chi connectivity index (χ1) is 12.5. The van der Waals surface area contributed by atoms with Crippen LogP contribution in [0.4, 0.5) is 0 Å². The average molecular weight is 396 g/mol. The van der Waals surface area contributed by atoms with Gasteiger partial charge in [0.1, 0.15) is 5.75 Å². The number of rotatable bonds is 7. The molecule has 1 aromatic carbocycles. The van der Waals surface area contributed by atoms with Crippen LogP contribution in [0.25, 0.3) is 11.0 Å². The van der Waals surface area contributed by atoms with Gasteiger partial charge in [-0.2, -0.15) is 0 Å². The van der Waals surface area contributed by atoms with Crippen LogP contribution in [0.3, 0.4) is 0 Å². The Morgan fingerprint density at radius 2 is 2.04 bits per heavy atom.